The van der Waals surface area contributed by atoms with E-state index >= 15 is 0 Å². The van der Waals surface area contributed by atoms with Crippen molar-refractivity contribution in [1.82, 2.24) is 0 Å². The van der Waals surface area contributed by atoms with E-state index in [9.17, 15) is 9.59 Å². The van der Waals surface area contributed by atoms with Gasteiger partial charge in [0.1, 0.15) is 11.5 Å². The van der Waals surface area contributed by atoms with Gasteiger partial charge in [0.15, 0.2) is 4.32 Å². The van der Waals surface area contributed by atoms with Crippen LogP contribution in [0.3, 0.4) is 0 Å². The molecule has 1 fully saturated rings. The van der Waals surface area contributed by atoms with Crippen molar-refractivity contribution in [3.8, 4) is 11.5 Å². The quantitative estimate of drug-likeness (QED) is 0.199. The molecule has 1 heterocycles. The largest absolute Gasteiger partial charge is 0.497 e. The van der Waals surface area contributed by atoms with E-state index in [1.54, 1.807) is 61.7 Å². The minimum absolute atomic E-state index is 0.164. The van der Waals surface area contributed by atoms with Gasteiger partial charge in [0.05, 0.1) is 23.3 Å². The smallest absolute Gasteiger partial charge is 0.343 e. The van der Waals surface area contributed by atoms with Crippen molar-refractivity contribution in [3.05, 3.63) is 88.8 Å². The normalized spacial score (nSPS) is 14.4. The Hall–Kier alpha value is -3.62. The van der Waals surface area contributed by atoms with E-state index in [2.05, 4.69) is 0 Å². The highest BCUT2D eigenvalue weighted by molar-refractivity contribution is 8.27. The first kappa shape index (κ1) is 23.5. The van der Waals surface area contributed by atoms with Crippen molar-refractivity contribution in [3.63, 3.8) is 0 Å². The van der Waals surface area contributed by atoms with Crippen LogP contribution in [0.5, 0.6) is 11.5 Å². The van der Waals surface area contributed by atoms with Gasteiger partial charge in [-0.3, -0.25) is 9.69 Å². The van der Waals surface area contributed by atoms with E-state index in [4.69, 9.17) is 21.7 Å². The van der Waals surface area contributed by atoms with Crippen molar-refractivity contribution in [1.29, 1.82) is 0 Å². The summed E-state index contributed by atoms with van der Waals surface area (Å²) in [6.45, 7) is 0. The van der Waals surface area contributed by atoms with Crippen LogP contribution in [0.1, 0.15) is 15.9 Å². The number of hydrogen-bond donors (Lipinski definition) is 0. The number of thioether (sulfide) groups is 1. The molecule has 1 saturated heterocycles. The molecular weight excluding hydrogens is 468 g/mol. The van der Waals surface area contributed by atoms with Gasteiger partial charge in [0.25, 0.3) is 5.91 Å². The summed E-state index contributed by atoms with van der Waals surface area (Å²) in [5.41, 5.74) is 3.00. The molecule has 0 spiro atoms. The molecule has 172 valence electrons. The molecular formula is C26H22N2O4S2. The summed E-state index contributed by atoms with van der Waals surface area (Å²) in [5, 5.41) is 0. The van der Waals surface area contributed by atoms with Crippen LogP contribution in [-0.2, 0) is 4.79 Å². The Bertz CT molecular complexity index is 1250. The summed E-state index contributed by atoms with van der Waals surface area (Å²) in [6, 6.07) is 21.3. The van der Waals surface area contributed by atoms with Crippen LogP contribution in [0.2, 0.25) is 0 Å². The Labute approximate surface area is 207 Å². The number of esters is 1. The highest BCUT2D eigenvalue weighted by Crippen LogP contribution is 2.36. The van der Waals surface area contributed by atoms with Crippen molar-refractivity contribution in [2.75, 3.05) is 31.0 Å². The predicted molar refractivity (Wildman–Crippen MR) is 141 cm³/mol. The van der Waals surface area contributed by atoms with Gasteiger partial charge in [-0.25, -0.2) is 4.79 Å². The lowest BCUT2D eigenvalue weighted by Crippen LogP contribution is -2.27. The molecule has 0 atom stereocenters. The van der Waals surface area contributed by atoms with Crippen LogP contribution in [0.25, 0.3) is 6.08 Å². The van der Waals surface area contributed by atoms with Gasteiger partial charge in [-0.1, -0.05) is 36.1 Å². The molecule has 0 unspecified atom stereocenters. The molecule has 0 aliphatic carbocycles. The molecule has 0 aromatic heterocycles. The van der Waals surface area contributed by atoms with Crippen molar-refractivity contribution < 1.29 is 19.1 Å². The molecule has 8 heteroatoms. The van der Waals surface area contributed by atoms with Gasteiger partial charge in [0.2, 0.25) is 0 Å². The summed E-state index contributed by atoms with van der Waals surface area (Å²) in [5.74, 6) is 0.447. The number of ether oxygens (including phenoxy) is 2. The number of benzene rings is 3. The van der Waals surface area contributed by atoms with E-state index in [1.807, 2.05) is 43.3 Å². The number of amides is 1. The number of thiocarbonyl (C=S) groups is 1. The second-order valence-corrected chi connectivity index (χ2v) is 9.29. The SMILES string of the molecule is COc1ccc(C(=O)Oc2ccc(/C=C3/SC(=S)N(c4ccc(N(C)C)cc4)C3=O)cc2)cc1. The fourth-order valence-corrected chi connectivity index (χ4v) is 4.57. The monoisotopic (exact) mass is 490 g/mol. The molecule has 1 aliphatic rings. The van der Waals surface area contributed by atoms with Crippen LogP contribution < -0.4 is 19.3 Å². The lowest BCUT2D eigenvalue weighted by atomic mass is 10.2. The second kappa shape index (κ2) is 10.1. The molecule has 3 aromatic carbocycles. The molecule has 1 amide bonds. The fourth-order valence-electron chi connectivity index (χ4n) is 3.27. The lowest BCUT2D eigenvalue weighted by molar-refractivity contribution is -0.113. The van der Waals surface area contributed by atoms with Gasteiger partial charge >= 0.3 is 5.97 Å². The highest BCUT2D eigenvalue weighted by Gasteiger charge is 2.33. The zero-order valence-corrected chi connectivity index (χ0v) is 20.5. The number of anilines is 2. The van der Waals surface area contributed by atoms with Gasteiger partial charge in [-0.05, 0) is 72.3 Å². The molecule has 0 radical (unpaired) electrons. The van der Waals surface area contributed by atoms with Crippen molar-refractivity contribution in [2.45, 2.75) is 0 Å². The van der Waals surface area contributed by atoms with Gasteiger partial charge in [-0.15, -0.1) is 0 Å². The number of methoxy groups -OCH3 is 1. The summed E-state index contributed by atoms with van der Waals surface area (Å²) < 4.78 is 11.0. The average Bonchev–Trinajstić information content (AvgIpc) is 3.12. The Morgan fingerprint density at radius 3 is 2.15 bits per heavy atom. The third kappa shape index (κ3) is 5.13. The fraction of sp³-hybridized carbons (Fsp3) is 0.115. The van der Waals surface area contributed by atoms with E-state index in [0.29, 0.717) is 26.3 Å². The van der Waals surface area contributed by atoms with Crippen molar-refractivity contribution in [2.24, 2.45) is 0 Å². The summed E-state index contributed by atoms with van der Waals surface area (Å²) in [7, 11) is 5.49. The zero-order chi connectivity index (χ0) is 24.2. The van der Waals surface area contributed by atoms with E-state index in [-0.39, 0.29) is 5.91 Å². The third-order valence-electron chi connectivity index (χ3n) is 5.13. The molecule has 4 rings (SSSR count). The Kier molecular flexibility index (Phi) is 7.00. The Balaban J connectivity index is 1.45. The zero-order valence-electron chi connectivity index (χ0n) is 18.8. The average molecular weight is 491 g/mol. The first-order valence-corrected chi connectivity index (χ1v) is 11.6. The first-order chi connectivity index (χ1) is 16.4. The standard InChI is InChI=1S/C26H22N2O4S2/c1-27(2)19-8-10-20(11-9-19)28-24(29)23(34-26(28)33)16-17-4-12-22(13-5-17)32-25(30)18-6-14-21(31-3)15-7-18/h4-16H,1-3H3/b23-16+. The minimum Gasteiger partial charge on any atom is -0.497 e. The number of carbonyl (C=O) groups is 2. The Morgan fingerprint density at radius 2 is 1.56 bits per heavy atom. The number of nitrogens with zero attached hydrogens (tertiary/aromatic N) is 2. The van der Waals surface area contributed by atoms with Crippen LogP contribution in [0.15, 0.2) is 77.7 Å². The van der Waals surface area contributed by atoms with Crippen LogP contribution in [-0.4, -0.2) is 37.4 Å². The maximum atomic E-state index is 13.0. The predicted octanol–water partition coefficient (Wildman–Crippen LogP) is 5.39. The van der Waals surface area contributed by atoms with E-state index in [0.717, 1.165) is 16.9 Å². The second-order valence-electron chi connectivity index (χ2n) is 7.62. The van der Waals surface area contributed by atoms with E-state index < -0.39 is 5.97 Å². The maximum absolute atomic E-state index is 13.0. The highest BCUT2D eigenvalue weighted by atomic mass is 32.2. The van der Waals surface area contributed by atoms with Crippen LogP contribution in [0.4, 0.5) is 11.4 Å². The van der Waals surface area contributed by atoms with Gasteiger partial charge < -0.3 is 14.4 Å². The molecule has 1 aliphatic heterocycles. The topological polar surface area (TPSA) is 59.1 Å². The summed E-state index contributed by atoms with van der Waals surface area (Å²) in [4.78, 5) is 29.4. The molecule has 0 saturated carbocycles. The lowest BCUT2D eigenvalue weighted by Gasteiger charge is -2.17. The Morgan fingerprint density at radius 1 is 0.941 bits per heavy atom. The minimum atomic E-state index is -0.462. The molecule has 34 heavy (non-hydrogen) atoms. The number of hydrogen-bond acceptors (Lipinski definition) is 7. The summed E-state index contributed by atoms with van der Waals surface area (Å²) in [6.07, 6.45) is 1.78. The molecule has 0 N–H and O–H groups in total. The van der Waals surface area contributed by atoms with Gasteiger partial charge in [-0.2, -0.15) is 0 Å². The number of carbonyl (C=O) groups excluding carboxylic acids is 2. The first-order valence-electron chi connectivity index (χ1n) is 10.4. The number of rotatable bonds is 6. The third-order valence-corrected chi connectivity index (χ3v) is 6.43. The molecule has 0 bridgehead atoms. The van der Waals surface area contributed by atoms with Crippen LogP contribution in [0, 0.1) is 0 Å². The molecule has 3 aromatic rings. The van der Waals surface area contributed by atoms with E-state index in [1.165, 1.54) is 16.7 Å². The van der Waals surface area contributed by atoms with Crippen LogP contribution >= 0.6 is 24.0 Å². The molecule has 6 nitrogen and oxygen atoms in total. The van der Waals surface area contributed by atoms with Crippen molar-refractivity contribution >= 4 is 57.6 Å². The maximum Gasteiger partial charge on any atom is 0.343 e. The summed E-state index contributed by atoms with van der Waals surface area (Å²) >= 11 is 6.72. The van der Waals surface area contributed by atoms with Gasteiger partial charge in [0, 0.05) is 19.8 Å².